The van der Waals surface area contributed by atoms with Crippen molar-refractivity contribution in [3.05, 3.63) is 364 Å². The van der Waals surface area contributed by atoms with Gasteiger partial charge in [-0.2, -0.15) is 10.2 Å². The number of hydrogen-bond donors (Lipinski definition) is 3. The number of aromatic nitrogens is 12. The van der Waals surface area contributed by atoms with Crippen LogP contribution < -0.4 is 47.5 Å². The molecule has 0 bridgehead atoms. The van der Waals surface area contributed by atoms with Crippen LogP contribution in [0.5, 0.6) is 5.75 Å². The number of aryl methyl sites for hydroxylation is 7. The van der Waals surface area contributed by atoms with E-state index in [2.05, 4.69) is 353 Å². The molecule has 117 heavy (non-hydrogen) atoms. The van der Waals surface area contributed by atoms with E-state index in [9.17, 15) is 0 Å². The van der Waals surface area contributed by atoms with E-state index in [0.29, 0.717) is 15.9 Å². The minimum Gasteiger partial charge on any atom is -0.0622 e. The van der Waals surface area contributed by atoms with Crippen molar-refractivity contribution in [2.75, 3.05) is 12.4 Å². The Morgan fingerprint density at radius 2 is 0.769 bits per heavy atom. The molecule has 25 heteroatoms. The Bertz CT molecular complexity index is 6200. The number of hydrogen-bond acceptors (Lipinski definition) is 10. The number of halogens is 5. The van der Waals surface area contributed by atoms with Crippen LogP contribution in [-0.4, -0.2) is 81.8 Å². The van der Waals surface area contributed by atoms with Gasteiger partial charge in [0.25, 0.3) is 0 Å². The van der Waals surface area contributed by atoms with E-state index < -0.39 is 23.0 Å². The van der Waals surface area contributed by atoms with E-state index >= 15 is 0 Å². The molecule has 3 N–H and O–H groups in total. The van der Waals surface area contributed by atoms with E-state index in [1.807, 2.05) is 59.4 Å². The molecule has 0 saturated heterocycles. The summed E-state index contributed by atoms with van der Waals surface area (Å²) >= 11 is 13.7. The van der Waals surface area contributed by atoms with Gasteiger partial charge in [0.2, 0.25) is 0 Å². The van der Waals surface area contributed by atoms with Gasteiger partial charge < -0.3 is 33.8 Å². The van der Waals surface area contributed by atoms with Gasteiger partial charge >= 0.3 is 42.1 Å². The van der Waals surface area contributed by atoms with Gasteiger partial charge in [-0.3, -0.25) is 0 Å². The molecule has 0 atom stereocenters. The minimum atomic E-state index is -1.45. The van der Waals surface area contributed by atoms with Crippen molar-refractivity contribution in [2.45, 2.75) is 27.7 Å². The second-order valence-electron chi connectivity index (χ2n) is 27.1. The molecule has 9 heterocycles. The predicted molar refractivity (Wildman–Crippen MR) is 495 cm³/mol. The average Bonchev–Trinajstić information content (AvgIpc) is 1.61. The molecule has 9 aromatic heterocycles. The van der Waals surface area contributed by atoms with Gasteiger partial charge in [-0.15, -0.1) is 5.10 Å². The SMILES string of the molecule is COc1ccc2c(c1)cc(B(O)O)n2C.Cc1ccc2c(c1)cc(-c1cnc3ccc(Cl)nn13)n2C.Cc1ccc2c(c1)cc(-c1cnc3ccc(Nc4ccc(C)c(C)c4)nn13)n2C.Clc1ccc2ncc(I)n2n1.[Cl][Pd][Cl].c1ccc(P(c2ccccc2)c2ccccc2)cc1.c1ccc(P(c2ccccc2)c2ccccc2)cc1. The Hall–Kier alpha value is -10.3. The first-order valence-electron chi connectivity index (χ1n) is 37.1. The summed E-state index contributed by atoms with van der Waals surface area (Å²) in [4.78, 5) is 13.0. The molecule has 0 spiro atoms. The van der Waals surface area contributed by atoms with Crippen molar-refractivity contribution in [3.8, 4) is 28.5 Å². The first kappa shape index (κ1) is 84.6. The first-order chi connectivity index (χ1) is 56.8. The van der Waals surface area contributed by atoms with E-state index in [4.69, 9.17) is 62.1 Å². The normalized spacial score (nSPS) is 10.9. The topological polar surface area (TPSA) is 167 Å². The third kappa shape index (κ3) is 20.8. The fourth-order valence-corrected chi connectivity index (χ4v) is 18.8. The Balaban J connectivity index is 0.000000124. The van der Waals surface area contributed by atoms with Crippen LogP contribution in [0.1, 0.15) is 22.3 Å². The summed E-state index contributed by atoms with van der Waals surface area (Å²) in [5.74, 6) is 1.54. The summed E-state index contributed by atoms with van der Waals surface area (Å²) in [5, 5.41) is 47.6. The number of rotatable bonds is 12. The number of anilines is 2. The molecule has 0 saturated carbocycles. The van der Waals surface area contributed by atoms with E-state index in [1.165, 1.54) is 75.9 Å². The maximum absolute atomic E-state index is 9.14. The Morgan fingerprint density at radius 1 is 0.393 bits per heavy atom. The van der Waals surface area contributed by atoms with E-state index in [0.717, 1.165) is 71.6 Å². The summed E-state index contributed by atoms with van der Waals surface area (Å²) in [7, 11) is 14.8. The van der Waals surface area contributed by atoms with Crippen LogP contribution in [0.4, 0.5) is 11.5 Å². The molecule has 0 unspecified atom stereocenters. The molecule has 0 amide bonds. The number of fused-ring (bicyclic) bond motifs is 6. The standard InChI is InChI=1S/C24H23N5.2C18H15P.C16H13ClN4.C10H12BNO3.C6H3ClIN3.2ClH.Pd/c1-15-5-8-20-18(11-15)13-21(28(20)4)22-14-25-24-10-9-23(27-29(22)24)26-19-7-6-16(2)17(3)12-19;2*1-4-10-16(11-5-1)19(17-12-6-2-7-13-17)18-14-8-3-9-15-18;1-10-3-4-12-11(7-10)8-13(20(12)2)14-9-18-16-6-5-15(17)19-21(14)16;1-12-9-4-3-8(15-2)5-7(9)6-10(12)11(13)14;7-4-1-2-6-9-3-5(8)11(6)10-4;;;/h5-14H,1-4H3,(H,26,27);2*1-15H;3-9H,1-2H3;3-6,13-14H,1-2H3;1-3H;2*1H;/q;;;;;;;;+2/p-2. The number of imidazole rings is 3. The summed E-state index contributed by atoms with van der Waals surface area (Å²) in [6, 6.07) is 107. The van der Waals surface area contributed by atoms with Gasteiger partial charge in [-0.25, -0.2) is 28.5 Å². The zero-order valence-electron chi connectivity index (χ0n) is 65.0. The van der Waals surface area contributed by atoms with Gasteiger partial charge in [0, 0.05) is 65.1 Å². The van der Waals surface area contributed by atoms with Crippen LogP contribution >= 0.6 is 80.7 Å². The Labute approximate surface area is 722 Å². The molecule has 10 aromatic carbocycles. The number of nitrogens with zero attached hydrogens (tertiary/aromatic N) is 12. The van der Waals surface area contributed by atoms with Crippen LogP contribution in [0, 0.1) is 31.4 Å². The summed E-state index contributed by atoms with van der Waals surface area (Å²) < 4.78 is 17.5. The maximum Gasteiger partial charge on any atom is -0.0134 e. The molecule has 0 aliphatic rings. The fraction of sp³-hybridized carbons (Fsp3) is 0.0870. The third-order valence-electron chi connectivity index (χ3n) is 19.3. The summed E-state index contributed by atoms with van der Waals surface area (Å²) in [6.45, 7) is 8.45. The average molecular weight is 1860 g/mol. The third-order valence-corrected chi connectivity index (χ3v) is 25.3. The minimum absolute atomic E-state index is 0.106. The molecule has 590 valence electrons. The van der Waals surface area contributed by atoms with Crippen molar-refractivity contribution in [2.24, 2.45) is 21.1 Å². The maximum atomic E-state index is 9.14. The zero-order valence-corrected chi connectivity index (χ0v) is 73.5. The van der Waals surface area contributed by atoms with Crippen LogP contribution in [-0.2, 0) is 37.1 Å². The fourth-order valence-electron chi connectivity index (χ4n) is 13.4. The van der Waals surface area contributed by atoms with Gasteiger partial charge in [0.15, 0.2) is 22.8 Å². The summed E-state index contributed by atoms with van der Waals surface area (Å²) in [6.07, 6.45) is 5.47. The van der Waals surface area contributed by atoms with Crippen LogP contribution in [0.15, 0.2) is 328 Å². The first-order valence-corrected chi connectivity index (χ1v) is 45.6. The molecule has 0 radical (unpaired) electrons. The monoisotopic (exact) mass is 1860 g/mol. The molecule has 0 aliphatic carbocycles. The number of nitrogens with one attached hydrogen (secondary N) is 1. The molecular weight excluding hydrogens is 1780 g/mol. The molecule has 0 fully saturated rings. The van der Waals surface area contributed by atoms with Crippen LogP contribution in [0.25, 0.3) is 72.4 Å². The van der Waals surface area contributed by atoms with Crippen LogP contribution in [0.2, 0.25) is 10.3 Å². The van der Waals surface area contributed by atoms with Crippen molar-refractivity contribution < 1.29 is 30.7 Å². The van der Waals surface area contributed by atoms with Gasteiger partial charge in [0.1, 0.15) is 31.1 Å². The molecule has 16 nitrogen and oxygen atoms in total. The second-order valence-corrected chi connectivity index (χ2v) is 35.8. The van der Waals surface area contributed by atoms with Gasteiger partial charge in [-0.05, 0) is 218 Å². The van der Waals surface area contributed by atoms with Crippen LogP contribution in [0.3, 0.4) is 0 Å². The molecular formula is C92H81BCl4IN13O3P2Pd. The van der Waals surface area contributed by atoms with E-state index in [-0.39, 0.29) is 15.9 Å². The zero-order chi connectivity index (χ0) is 82.1. The largest absolute Gasteiger partial charge is 0.0622 e. The smallest absolute Gasteiger partial charge is 0.0134 e. The van der Waals surface area contributed by atoms with Crippen molar-refractivity contribution in [3.63, 3.8) is 0 Å². The van der Waals surface area contributed by atoms with E-state index in [1.54, 1.807) is 52.2 Å². The summed E-state index contributed by atoms with van der Waals surface area (Å²) in [5.41, 5.74) is 16.4. The van der Waals surface area contributed by atoms with Crippen molar-refractivity contribution >= 4 is 186 Å². The van der Waals surface area contributed by atoms with Gasteiger partial charge in [-0.1, -0.05) is 235 Å². The van der Waals surface area contributed by atoms with Gasteiger partial charge in [0.05, 0.1) is 37.1 Å². The molecule has 19 rings (SSSR count). The second kappa shape index (κ2) is 40.2. The predicted octanol–water partition coefficient (Wildman–Crippen LogP) is 19.5. The molecule has 19 aromatic rings. The Morgan fingerprint density at radius 3 is 1.19 bits per heavy atom. The molecule has 0 aliphatic heterocycles. The number of ether oxygens (including phenoxy) is 1. The van der Waals surface area contributed by atoms with Crippen molar-refractivity contribution in [1.29, 1.82) is 0 Å². The number of methoxy groups -OCH3 is 1. The Kier molecular flexibility index (Phi) is 29.1. The number of benzene rings is 10. The quantitative estimate of drug-likeness (QED) is 0.0608. The van der Waals surface area contributed by atoms with Crippen molar-refractivity contribution in [1.82, 2.24) is 57.5 Å².